The van der Waals surface area contributed by atoms with Crippen molar-refractivity contribution in [1.29, 1.82) is 0 Å². The Bertz CT molecular complexity index is 558. The zero-order valence-electron chi connectivity index (χ0n) is 8.51. The van der Waals surface area contributed by atoms with Crippen LogP contribution in [0.4, 0.5) is 5.82 Å². The largest absolute Gasteiger partial charge is 0.506 e. The van der Waals surface area contributed by atoms with Crippen LogP contribution < -0.4 is 0 Å². The fourth-order valence-corrected chi connectivity index (χ4v) is 2.44. The van der Waals surface area contributed by atoms with Crippen LogP contribution in [-0.4, -0.2) is 21.3 Å². The van der Waals surface area contributed by atoms with Gasteiger partial charge in [-0.15, -0.1) is 0 Å². The minimum atomic E-state index is 0.140. The lowest BCUT2D eigenvalue weighted by Gasteiger charge is -2.02. The van der Waals surface area contributed by atoms with E-state index >= 15 is 0 Å². The summed E-state index contributed by atoms with van der Waals surface area (Å²) in [7, 11) is 0. The van der Waals surface area contributed by atoms with Gasteiger partial charge in [0.2, 0.25) is 0 Å². The molecular weight excluding hydrogens is 350 g/mol. The summed E-state index contributed by atoms with van der Waals surface area (Å²) in [5, 5.41) is 9.81. The topological polar surface area (TPSA) is 58.4 Å². The third kappa shape index (κ3) is 3.10. The van der Waals surface area contributed by atoms with Gasteiger partial charge in [-0.3, -0.25) is 4.98 Å². The molecular formula is C11H7Br2N3O. The number of benzene rings is 1. The number of nitrogens with zero attached hydrogens (tertiary/aromatic N) is 3. The molecule has 0 spiro atoms. The number of phenolic OH excluding ortho intramolecular Hbond substituents is 1. The van der Waals surface area contributed by atoms with E-state index in [4.69, 9.17) is 0 Å². The van der Waals surface area contributed by atoms with E-state index in [0.717, 1.165) is 4.47 Å². The quantitative estimate of drug-likeness (QED) is 0.838. The summed E-state index contributed by atoms with van der Waals surface area (Å²) in [5.74, 6) is 0.629. The Morgan fingerprint density at radius 2 is 2.06 bits per heavy atom. The van der Waals surface area contributed by atoms with Crippen LogP contribution in [0.15, 0.2) is 44.7 Å². The van der Waals surface area contributed by atoms with Gasteiger partial charge in [0.25, 0.3) is 0 Å². The van der Waals surface area contributed by atoms with Gasteiger partial charge >= 0.3 is 0 Å². The summed E-state index contributed by atoms with van der Waals surface area (Å²) < 4.78 is 1.45. The first-order valence-electron chi connectivity index (χ1n) is 4.65. The van der Waals surface area contributed by atoms with Crippen molar-refractivity contribution in [1.82, 2.24) is 9.97 Å². The zero-order chi connectivity index (χ0) is 12.3. The molecule has 0 saturated carbocycles. The molecule has 86 valence electrons. The fourth-order valence-electron chi connectivity index (χ4n) is 1.18. The maximum Gasteiger partial charge on any atom is 0.170 e. The smallest absolute Gasteiger partial charge is 0.170 e. The lowest BCUT2D eigenvalue weighted by Crippen LogP contribution is -1.85. The summed E-state index contributed by atoms with van der Waals surface area (Å²) in [4.78, 5) is 12.0. The molecule has 1 aromatic carbocycles. The summed E-state index contributed by atoms with van der Waals surface area (Å²) in [6.07, 6.45) is 6.21. The van der Waals surface area contributed by atoms with E-state index in [9.17, 15) is 5.11 Å². The number of aromatic nitrogens is 2. The van der Waals surface area contributed by atoms with Crippen molar-refractivity contribution in [2.45, 2.75) is 0 Å². The number of aromatic hydroxyl groups is 1. The molecule has 4 nitrogen and oxygen atoms in total. The molecule has 0 bridgehead atoms. The highest BCUT2D eigenvalue weighted by Gasteiger charge is 2.05. The van der Waals surface area contributed by atoms with Gasteiger partial charge in [0.05, 0.1) is 10.7 Å². The first-order valence-corrected chi connectivity index (χ1v) is 6.23. The molecule has 1 aromatic heterocycles. The zero-order valence-corrected chi connectivity index (χ0v) is 11.7. The van der Waals surface area contributed by atoms with Gasteiger partial charge in [-0.25, -0.2) is 9.98 Å². The standard InChI is InChI=1S/C11H7Br2N3O/c12-8-3-7(11(17)9(13)4-8)5-16-10-6-14-1-2-15-10/h1-6,17H. The molecule has 1 N–H and O–H groups in total. The summed E-state index contributed by atoms with van der Waals surface area (Å²) in [6.45, 7) is 0. The average Bonchev–Trinajstić information content (AvgIpc) is 2.33. The van der Waals surface area contributed by atoms with Crippen LogP contribution >= 0.6 is 31.9 Å². The second-order valence-electron chi connectivity index (χ2n) is 3.15. The SMILES string of the molecule is Oc1c(Br)cc(Br)cc1C=Nc1cnccn1. The Hall–Kier alpha value is -1.27. The molecule has 0 unspecified atom stereocenters. The predicted molar refractivity (Wildman–Crippen MR) is 72.8 cm³/mol. The molecule has 0 aliphatic heterocycles. The highest BCUT2D eigenvalue weighted by Crippen LogP contribution is 2.30. The third-order valence-electron chi connectivity index (χ3n) is 1.94. The molecule has 1 heterocycles. The number of aliphatic imine (C=N–C) groups is 1. The van der Waals surface area contributed by atoms with Gasteiger partial charge in [0, 0.05) is 28.6 Å². The number of halogens is 2. The second-order valence-corrected chi connectivity index (χ2v) is 4.92. The fraction of sp³-hybridized carbons (Fsp3) is 0. The molecule has 0 amide bonds. The molecule has 0 radical (unpaired) electrons. The maximum absolute atomic E-state index is 9.81. The molecule has 0 saturated heterocycles. The van der Waals surface area contributed by atoms with Gasteiger partial charge in [-0.2, -0.15) is 0 Å². The minimum Gasteiger partial charge on any atom is -0.506 e. The number of rotatable bonds is 2. The van der Waals surface area contributed by atoms with E-state index in [1.165, 1.54) is 6.21 Å². The molecule has 2 rings (SSSR count). The third-order valence-corrected chi connectivity index (χ3v) is 3.01. The first-order chi connectivity index (χ1) is 8.16. The number of hydrogen-bond acceptors (Lipinski definition) is 4. The van der Waals surface area contributed by atoms with Crippen LogP contribution in [0.2, 0.25) is 0 Å². The molecule has 17 heavy (non-hydrogen) atoms. The van der Waals surface area contributed by atoms with Crippen LogP contribution in [0.5, 0.6) is 5.75 Å². The van der Waals surface area contributed by atoms with Crippen LogP contribution in [0.3, 0.4) is 0 Å². The van der Waals surface area contributed by atoms with E-state index in [2.05, 4.69) is 46.8 Å². The molecule has 0 aliphatic rings. The van der Waals surface area contributed by atoms with Crippen molar-refractivity contribution in [2.75, 3.05) is 0 Å². The Kier molecular flexibility index (Phi) is 3.86. The van der Waals surface area contributed by atoms with Crippen molar-refractivity contribution < 1.29 is 5.11 Å². The Morgan fingerprint density at radius 1 is 1.24 bits per heavy atom. The molecule has 6 heteroatoms. The minimum absolute atomic E-state index is 0.140. The Morgan fingerprint density at radius 3 is 2.76 bits per heavy atom. The first kappa shape index (κ1) is 12.2. The molecule has 0 atom stereocenters. The van der Waals surface area contributed by atoms with Crippen molar-refractivity contribution in [3.63, 3.8) is 0 Å². The monoisotopic (exact) mass is 355 g/mol. The van der Waals surface area contributed by atoms with Gasteiger partial charge in [0.15, 0.2) is 5.82 Å². The molecule has 2 aromatic rings. The van der Waals surface area contributed by atoms with E-state index in [1.54, 1.807) is 30.7 Å². The normalized spacial score (nSPS) is 10.9. The summed E-state index contributed by atoms with van der Waals surface area (Å²) in [6, 6.07) is 3.52. The highest BCUT2D eigenvalue weighted by atomic mass is 79.9. The van der Waals surface area contributed by atoms with Crippen molar-refractivity contribution in [2.24, 2.45) is 4.99 Å². The lowest BCUT2D eigenvalue weighted by molar-refractivity contribution is 0.471. The van der Waals surface area contributed by atoms with Gasteiger partial charge in [-0.1, -0.05) is 15.9 Å². The average molecular weight is 357 g/mol. The van der Waals surface area contributed by atoms with Gasteiger partial charge in [-0.05, 0) is 28.1 Å². The van der Waals surface area contributed by atoms with E-state index < -0.39 is 0 Å². The van der Waals surface area contributed by atoms with Crippen molar-refractivity contribution in [3.8, 4) is 5.75 Å². The highest BCUT2D eigenvalue weighted by molar-refractivity contribution is 9.11. The van der Waals surface area contributed by atoms with E-state index in [-0.39, 0.29) is 5.75 Å². The van der Waals surface area contributed by atoms with Crippen LogP contribution in [0.1, 0.15) is 5.56 Å². The molecule has 0 fully saturated rings. The van der Waals surface area contributed by atoms with Crippen LogP contribution in [-0.2, 0) is 0 Å². The van der Waals surface area contributed by atoms with Crippen LogP contribution in [0, 0.1) is 0 Å². The van der Waals surface area contributed by atoms with E-state index in [1.807, 2.05) is 0 Å². The van der Waals surface area contributed by atoms with Crippen molar-refractivity contribution in [3.05, 3.63) is 45.2 Å². The van der Waals surface area contributed by atoms with Crippen molar-refractivity contribution >= 4 is 43.9 Å². The lowest BCUT2D eigenvalue weighted by atomic mass is 10.2. The number of phenols is 1. The number of hydrogen-bond donors (Lipinski definition) is 1. The maximum atomic E-state index is 9.81. The predicted octanol–water partition coefficient (Wildman–Crippen LogP) is 3.46. The van der Waals surface area contributed by atoms with Gasteiger partial charge in [0.1, 0.15) is 5.75 Å². The Balaban J connectivity index is 2.33. The summed E-state index contributed by atoms with van der Waals surface area (Å²) in [5.41, 5.74) is 0.594. The second kappa shape index (κ2) is 5.37. The summed E-state index contributed by atoms with van der Waals surface area (Å²) >= 11 is 6.60. The van der Waals surface area contributed by atoms with Crippen LogP contribution in [0.25, 0.3) is 0 Å². The molecule has 0 aliphatic carbocycles. The van der Waals surface area contributed by atoms with E-state index in [0.29, 0.717) is 15.9 Å². The van der Waals surface area contributed by atoms with Gasteiger partial charge < -0.3 is 5.11 Å². The Labute approximate surface area is 115 Å².